The van der Waals surface area contributed by atoms with Crippen LogP contribution in [-0.2, 0) is 4.79 Å². The van der Waals surface area contributed by atoms with Gasteiger partial charge >= 0.3 is 5.97 Å². The van der Waals surface area contributed by atoms with E-state index < -0.39 is 11.9 Å². The van der Waals surface area contributed by atoms with Gasteiger partial charge in [-0.05, 0) is 5.41 Å². The number of aromatic nitrogens is 2. The van der Waals surface area contributed by atoms with Gasteiger partial charge in [-0.25, -0.2) is 9.97 Å². The lowest BCUT2D eigenvalue weighted by molar-refractivity contribution is -0.141. The third-order valence-electron chi connectivity index (χ3n) is 3.15. The number of hydrogen-bond acceptors (Lipinski definition) is 3. The van der Waals surface area contributed by atoms with Crippen LogP contribution in [0, 0.1) is 5.41 Å². The standard InChI is InChI=1S/C16H18N2O2/c1-16(2,3)13(15(19)20)12-9-17-14(18-10-12)11-7-5-4-6-8-11/h4-10,13H,1-3H3,(H,19,20)/t13-/m0/s1. The molecule has 1 aromatic carbocycles. The van der Waals surface area contributed by atoms with Crippen molar-refractivity contribution in [3.05, 3.63) is 48.3 Å². The van der Waals surface area contributed by atoms with Crippen LogP contribution < -0.4 is 0 Å². The Morgan fingerprint density at radius 1 is 1.10 bits per heavy atom. The smallest absolute Gasteiger partial charge is 0.311 e. The number of nitrogens with zero attached hydrogens (tertiary/aromatic N) is 2. The van der Waals surface area contributed by atoms with E-state index in [1.54, 1.807) is 12.4 Å². The summed E-state index contributed by atoms with van der Waals surface area (Å²) in [6.45, 7) is 5.70. The fourth-order valence-corrected chi connectivity index (χ4v) is 2.24. The molecule has 0 unspecified atom stereocenters. The SMILES string of the molecule is CC(C)(C)[C@H](C(=O)O)c1cnc(-c2ccccc2)nc1. The molecule has 0 saturated heterocycles. The number of carbonyl (C=O) groups is 1. The molecule has 2 aromatic rings. The zero-order valence-corrected chi connectivity index (χ0v) is 11.9. The maximum absolute atomic E-state index is 11.4. The molecule has 4 nitrogen and oxygen atoms in total. The van der Waals surface area contributed by atoms with Crippen LogP contribution in [0.15, 0.2) is 42.7 Å². The molecule has 0 saturated carbocycles. The van der Waals surface area contributed by atoms with Crippen molar-refractivity contribution in [3.63, 3.8) is 0 Å². The van der Waals surface area contributed by atoms with Gasteiger partial charge in [-0.1, -0.05) is 51.1 Å². The highest BCUT2D eigenvalue weighted by atomic mass is 16.4. The molecule has 4 heteroatoms. The summed E-state index contributed by atoms with van der Waals surface area (Å²) in [6.07, 6.45) is 3.22. The third kappa shape index (κ3) is 3.02. The highest BCUT2D eigenvalue weighted by molar-refractivity contribution is 5.77. The summed E-state index contributed by atoms with van der Waals surface area (Å²) in [7, 11) is 0. The molecule has 2 rings (SSSR count). The van der Waals surface area contributed by atoms with Crippen molar-refractivity contribution in [2.45, 2.75) is 26.7 Å². The lowest BCUT2D eigenvalue weighted by Crippen LogP contribution is -2.26. The van der Waals surface area contributed by atoms with Crippen molar-refractivity contribution in [1.82, 2.24) is 9.97 Å². The van der Waals surface area contributed by atoms with Crippen molar-refractivity contribution in [2.24, 2.45) is 5.41 Å². The maximum Gasteiger partial charge on any atom is 0.311 e. The van der Waals surface area contributed by atoms with E-state index in [0.29, 0.717) is 11.4 Å². The molecule has 1 atom stereocenters. The summed E-state index contributed by atoms with van der Waals surface area (Å²) in [5.41, 5.74) is 1.16. The van der Waals surface area contributed by atoms with Crippen molar-refractivity contribution < 1.29 is 9.90 Å². The van der Waals surface area contributed by atoms with Crippen LogP contribution in [0.3, 0.4) is 0 Å². The van der Waals surface area contributed by atoms with E-state index in [0.717, 1.165) is 5.56 Å². The average molecular weight is 270 g/mol. The number of rotatable bonds is 3. The first kappa shape index (κ1) is 14.2. The van der Waals surface area contributed by atoms with Crippen molar-refractivity contribution in [3.8, 4) is 11.4 Å². The Hall–Kier alpha value is -2.23. The summed E-state index contributed by atoms with van der Waals surface area (Å²) in [4.78, 5) is 20.0. The highest BCUT2D eigenvalue weighted by Gasteiger charge is 2.33. The van der Waals surface area contributed by atoms with E-state index in [4.69, 9.17) is 0 Å². The Balaban J connectivity index is 2.35. The topological polar surface area (TPSA) is 63.1 Å². The van der Waals surface area contributed by atoms with Gasteiger partial charge in [-0.3, -0.25) is 4.79 Å². The number of hydrogen-bond donors (Lipinski definition) is 1. The molecule has 104 valence electrons. The summed E-state index contributed by atoms with van der Waals surface area (Å²) >= 11 is 0. The van der Waals surface area contributed by atoms with E-state index in [-0.39, 0.29) is 5.41 Å². The molecule has 1 heterocycles. The van der Waals surface area contributed by atoms with Gasteiger partial charge in [0, 0.05) is 23.5 Å². The van der Waals surface area contributed by atoms with Crippen LogP contribution in [0.2, 0.25) is 0 Å². The van der Waals surface area contributed by atoms with Crippen molar-refractivity contribution >= 4 is 5.97 Å². The zero-order valence-electron chi connectivity index (χ0n) is 11.9. The normalized spacial score (nSPS) is 12.9. The van der Waals surface area contributed by atoms with Gasteiger partial charge in [0.05, 0.1) is 5.92 Å². The van der Waals surface area contributed by atoms with Gasteiger partial charge in [0.15, 0.2) is 5.82 Å². The quantitative estimate of drug-likeness (QED) is 0.929. The monoisotopic (exact) mass is 270 g/mol. The summed E-state index contributed by atoms with van der Waals surface area (Å²) in [5.74, 6) is -0.867. The second kappa shape index (κ2) is 5.41. The molecule has 0 aliphatic heterocycles. The number of aliphatic carboxylic acids is 1. The Labute approximate surface area is 118 Å². The van der Waals surface area contributed by atoms with Crippen LogP contribution in [0.4, 0.5) is 0 Å². The number of carboxylic acids is 1. The lowest BCUT2D eigenvalue weighted by Gasteiger charge is -2.26. The van der Waals surface area contributed by atoms with Gasteiger partial charge in [-0.15, -0.1) is 0 Å². The average Bonchev–Trinajstić information content (AvgIpc) is 2.38. The molecule has 0 amide bonds. The van der Waals surface area contributed by atoms with E-state index in [9.17, 15) is 9.90 Å². The Morgan fingerprint density at radius 2 is 1.65 bits per heavy atom. The molecule has 20 heavy (non-hydrogen) atoms. The second-order valence-corrected chi connectivity index (χ2v) is 5.84. The summed E-state index contributed by atoms with van der Waals surface area (Å²) in [5, 5.41) is 9.39. The lowest BCUT2D eigenvalue weighted by atomic mass is 9.77. The molecule has 0 fully saturated rings. The van der Waals surface area contributed by atoms with Gasteiger partial charge in [0.25, 0.3) is 0 Å². The first-order valence-electron chi connectivity index (χ1n) is 6.50. The van der Waals surface area contributed by atoms with Gasteiger partial charge in [-0.2, -0.15) is 0 Å². The molecular formula is C16H18N2O2. The third-order valence-corrected chi connectivity index (χ3v) is 3.15. The van der Waals surface area contributed by atoms with E-state index in [1.807, 2.05) is 51.1 Å². The van der Waals surface area contributed by atoms with Crippen LogP contribution in [0.25, 0.3) is 11.4 Å². The molecule has 1 aromatic heterocycles. The van der Waals surface area contributed by atoms with Crippen molar-refractivity contribution in [2.75, 3.05) is 0 Å². The first-order valence-corrected chi connectivity index (χ1v) is 6.50. The fourth-order valence-electron chi connectivity index (χ4n) is 2.24. The minimum atomic E-state index is -0.853. The number of benzene rings is 1. The minimum absolute atomic E-state index is 0.385. The maximum atomic E-state index is 11.4. The van der Waals surface area contributed by atoms with Crippen molar-refractivity contribution in [1.29, 1.82) is 0 Å². The Kier molecular flexibility index (Phi) is 3.84. The van der Waals surface area contributed by atoms with Crippen LogP contribution in [0.1, 0.15) is 32.3 Å². The molecule has 0 spiro atoms. The second-order valence-electron chi connectivity index (χ2n) is 5.84. The summed E-state index contributed by atoms with van der Waals surface area (Å²) in [6, 6.07) is 9.61. The van der Waals surface area contributed by atoms with Gasteiger partial charge < -0.3 is 5.11 Å². The molecule has 0 aliphatic carbocycles. The van der Waals surface area contributed by atoms with E-state index >= 15 is 0 Å². The molecular weight excluding hydrogens is 252 g/mol. The summed E-state index contributed by atoms with van der Waals surface area (Å²) < 4.78 is 0. The Morgan fingerprint density at radius 3 is 2.10 bits per heavy atom. The predicted molar refractivity (Wildman–Crippen MR) is 77.3 cm³/mol. The molecule has 0 bridgehead atoms. The van der Waals surface area contributed by atoms with E-state index in [2.05, 4.69) is 9.97 Å². The van der Waals surface area contributed by atoms with Crippen LogP contribution in [-0.4, -0.2) is 21.0 Å². The Bertz CT molecular complexity index is 586. The van der Waals surface area contributed by atoms with E-state index in [1.165, 1.54) is 0 Å². The van der Waals surface area contributed by atoms with Gasteiger partial charge in [0.2, 0.25) is 0 Å². The van der Waals surface area contributed by atoms with Gasteiger partial charge in [0.1, 0.15) is 0 Å². The molecule has 1 N–H and O–H groups in total. The minimum Gasteiger partial charge on any atom is -0.481 e. The predicted octanol–water partition coefficient (Wildman–Crippen LogP) is 3.36. The fraction of sp³-hybridized carbons (Fsp3) is 0.312. The highest BCUT2D eigenvalue weighted by Crippen LogP contribution is 2.34. The largest absolute Gasteiger partial charge is 0.481 e. The zero-order chi connectivity index (χ0) is 14.8. The number of carboxylic acid groups (broad SMARTS) is 1. The van der Waals surface area contributed by atoms with Crippen LogP contribution in [0.5, 0.6) is 0 Å². The van der Waals surface area contributed by atoms with Crippen LogP contribution >= 0.6 is 0 Å². The molecule has 0 aliphatic rings. The first-order chi connectivity index (χ1) is 9.39. The molecule has 0 radical (unpaired) electrons.